The van der Waals surface area contributed by atoms with E-state index in [2.05, 4.69) is 15.6 Å². The summed E-state index contributed by atoms with van der Waals surface area (Å²) in [6.45, 7) is 4.66. The molecule has 2 heterocycles. The number of primary sulfonamides is 1. The molecule has 1 unspecified atom stereocenters. The standard InChI is InChI=1S/C11H20N4O2S2/c1-8-10(19(12,16)17)18-11(15-8)14-6-4-9-3-2-5-13-7-9/h9,13H,2-7H2,1H3,(H,14,15)(H2,12,16,17). The number of thiazole rings is 1. The number of hydrogen-bond acceptors (Lipinski definition) is 6. The first-order chi connectivity index (χ1) is 8.97. The van der Waals surface area contributed by atoms with Crippen LogP contribution in [0.15, 0.2) is 4.21 Å². The molecular weight excluding hydrogens is 284 g/mol. The molecule has 0 aromatic carbocycles. The molecule has 8 heteroatoms. The monoisotopic (exact) mass is 304 g/mol. The molecule has 1 atom stereocenters. The van der Waals surface area contributed by atoms with E-state index in [4.69, 9.17) is 5.14 Å². The molecule has 108 valence electrons. The van der Waals surface area contributed by atoms with Gasteiger partial charge in [0, 0.05) is 6.54 Å². The number of rotatable bonds is 5. The summed E-state index contributed by atoms with van der Waals surface area (Å²) in [7, 11) is -3.65. The van der Waals surface area contributed by atoms with Crippen LogP contribution < -0.4 is 15.8 Å². The Labute approximate surface area is 117 Å². The number of nitrogens with zero attached hydrogens (tertiary/aromatic N) is 1. The fourth-order valence-electron chi connectivity index (χ4n) is 2.28. The number of aromatic nitrogens is 1. The second-order valence-corrected chi connectivity index (χ2v) is 7.62. The zero-order valence-electron chi connectivity index (χ0n) is 11.0. The number of hydrogen-bond donors (Lipinski definition) is 3. The summed E-state index contributed by atoms with van der Waals surface area (Å²) in [5, 5.41) is 12.3. The average molecular weight is 304 g/mol. The van der Waals surface area contributed by atoms with Gasteiger partial charge >= 0.3 is 0 Å². The van der Waals surface area contributed by atoms with Gasteiger partial charge in [0.1, 0.15) is 0 Å². The Kier molecular flexibility index (Phi) is 4.77. The average Bonchev–Trinajstić information content (AvgIpc) is 2.72. The fourth-order valence-corrected chi connectivity index (χ4v) is 4.16. The topological polar surface area (TPSA) is 97.1 Å². The highest BCUT2D eigenvalue weighted by Gasteiger charge is 2.18. The van der Waals surface area contributed by atoms with Gasteiger partial charge in [-0.1, -0.05) is 11.3 Å². The van der Waals surface area contributed by atoms with Crippen molar-refractivity contribution in [3.8, 4) is 0 Å². The van der Waals surface area contributed by atoms with Crippen LogP contribution in [0, 0.1) is 12.8 Å². The van der Waals surface area contributed by atoms with Crippen molar-refractivity contribution in [1.29, 1.82) is 0 Å². The number of piperidine rings is 1. The van der Waals surface area contributed by atoms with Gasteiger partial charge in [-0.25, -0.2) is 18.5 Å². The maximum Gasteiger partial charge on any atom is 0.249 e. The third-order valence-corrected chi connectivity index (χ3v) is 5.91. The Balaban J connectivity index is 1.86. The van der Waals surface area contributed by atoms with Gasteiger partial charge in [0.05, 0.1) is 5.69 Å². The lowest BCUT2D eigenvalue weighted by atomic mass is 9.96. The molecule has 1 aromatic heterocycles. The van der Waals surface area contributed by atoms with Gasteiger partial charge < -0.3 is 10.6 Å². The van der Waals surface area contributed by atoms with E-state index in [1.165, 1.54) is 12.8 Å². The summed E-state index contributed by atoms with van der Waals surface area (Å²) >= 11 is 1.10. The molecule has 6 nitrogen and oxygen atoms in total. The molecule has 0 saturated carbocycles. The van der Waals surface area contributed by atoms with Crippen molar-refractivity contribution in [2.75, 3.05) is 25.0 Å². The Bertz CT molecular complexity index is 521. The molecule has 1 fully saturated rings. The predicted molar refractivity (Wildman–Crippen MR) is 76.9 cm³/mol. The highest BCUT2D eigenvalue weighted by molar-refractivity contribution is 7.91. The minimum atomic E-state index is -3.65. The van der Waals surface area contributed by atoms with Crippen molar-refractivity contribution in [2.45, 2.75) is 30.4 Å². The van der Waals surface area contributed by atoms with Gasteiger partial charge in [-0.3, -0.25) is 0 Å². The Morgan fingerprint density at radius 2 is 2.37 bits per heavy atom. The summed E-state index contributed by atoms with van der Waals surface area (Å²) < 4.78 is 22.7. The van der Waals surface area contributed by atoms with Gasteiger partial charge in [-0.05, 0) is 45.2 Å². The minimum absolute atomic E-state index is 0.148. The number of sulfonamides is 1. The summed E-state index contributed by atoms with van der Waals surface area (Å²) in [5.41, 5.74) is 0.467. The molecule has 1 saturated heterocycles. The normalized spacial score (nSPS) is 20.4. The van der Waals surface area contributed by atoms with Crippen molar-refractivity contribution in [3.05, 3.63) is 5.69 Å². The minimum Gasteiger partial charge on any atom is -0.361 e. The molecule has 0 spiro atoms. The number of nitrogens with one attached hydrogen (secondary N) is 2. The maximum atomic E-state index is 11.3. The van der Waals surface area contributed by atoms with E-state index in [9.17, 15) is 8.42 Å². The van der Waals surface area contributed by atoms with Crippen LogP contribution >= 0.6 is 11.3 Å². The number of nitrogens with two attached hydrogens (primary N) is 1. The lowest BCUT2D eigenvalue weighted by Crippen LogP contribution is -2.30. The van der Waals surface area contributed by atoms with E-state index in [0.717, 1.165) is 37.4 Å². The molecule has 0 bridgehead atoms. The third kappa shape index (κ3) is 4.13. The van der Waals surface area contributed by atoms with E-state index in [1.807, 2.05) is 0 Å². The molecule has 19 heavy (non-hydrogen) atoms. The van der Waals surface area contributed by atoms with E-state index in [1.54, 1.807) is 6.92 Å². The molecular formula is C11H20N4O2S2. The summed E-state index contributed by atoms with van der Waals surface area (Å²) in [5.74, 6) is 0.694. The van der Waals surface area contributed by atoms with Crippen molar-refractivity contribution in [2.24, 2.45) is 11.1 Å². The van der Waals surface area contributed by atoms with Crippen molar-refractivity contribution < 1.29 is 8.42 Å². The van der Waals surface area contributed by atoms with E-state index in [-0.39, 0.29) is 4.21 Å². The van der Waals surface area contributed by atoms with Gasteiger partial charge in [0.15, 0.2) is 9.34 Å². The second kappa shape index (κ2) is 6.17. The smallest absolute Gasteiger partial charge is 0.249 e. The second-order valence-electron chi connectivity index (χ2n) is 4.86. The quantitative estimate of drug-likeness (QED) is 0.751. The highest BCUT2D eigenvalue weighted by Crippen LogP contribution is 2.26. The molecule has 4 N–H and O–H groups in total. The molecule has 1 aliphatic rings. The van der Waals surface area contributed by atoms with Crippen LogP contribution in [0.5, 0.6) is 0 Å². The fraction of sp³-hybridized carbons (Fsp3) is 0.727. The van der Waals surface area contributed by atoms with Crippen LogP contribution in [0.4, 0.5) is 5.13 Å². The van der Waals surface area contributed by atoms with E-state index >= 15 is 0 Å². The van der Waals surface area contributed by atoms with Crippen molar-refractivity contribution in [3.63, 3.8) is 0 Å². The van der Waals surface area contributed by atoms with Crippen LogP contribution in [0.1, 0.15) is 25.0 Å². The first-order valence-corrected chi connectivity index (χ1v) is 8.78. The summed E-state index contributed by atoms with van der Waals surface area (Å²) in [6, 6.07) is 0. The lowest BCUT2D eigenvalue weighted by Gasteiger charge is -2.22. The highest BCUT2D eigenvalue weighted by atomic mass is 32.2. The van der Waals surface area contributed by atoms with Crippen LogP contribution in [0.25, 0.3) is 0 Å². The molecule has 2 rings (SSSR count). The van der Waals surface area contributed by atoms with Crippen molar-refractivity contribution >= 4 is 26.5 Å². The molecule has 0 aliphatic carbocycles. The maximum absolute atomic E-state index is 11.3. The number of aryl methyl sites for hydroxylation is 1. The Morgan fingerprint density at radius 1 is 1.58 bits per heavy atom. The SMILES string of the molecule is Cc1nc(NCCC2CCCNC2)sc1S(N)(=O)=O. The zero-order chi connectivity index (χ0) is 13.9. The summed E-state index contributed by atoms with van der Waals surface area (Å²) in [6.07, 6.45) is 3.56. The third-order valence-electron chi connectivity index (χ3n) is 3.24. The van der Waals surface area contributed by atoms with E-state index < -0.39 is 10.0 Å². The molecule has 1 aromatic rings. The Hall–Kier alpha value is -0.700. The number of anilines is 1. The van der Waals surface area contributed by atoms with Crippen LogP contribution in [-0.4, -0.2) is 33.0 Å². The zero-order valence-corrected chi connectivity index (χ0v) is 12.6. The van der Waals surface area contributed by atoms with Gasteiger partial charge in [0.25, 0.3) is 0 Å². The first kappa shape index (κ1) is 14.7. The van der Waals surface area contributed by atoms with Crippen LogP contribution in [0.3, 0.4) is 0 Å². The molecule has 0 amide bonds. The van der Waals surface area contributed by atoms with Crippen molar-refractivity contribution in [1.82, 2.24) is 10.3 Å². The van der Waals surface area contributed by atoms with Gasteiger partial charge in [-0.15, -0.1) is 0 Å². The molecule has 0 radical (unpaired) electrons. The van der Waals surface area contributed by atoms with Crippen LogP contribution in [0.2, 0.25) is 0 Å². The van der Waals surface area contributed by atoms with Crippen LogP contribution in [-0.2, 0) is 10.0 Å². The lowest BCUT2D eigenvalue weighted by molar-refractivity contribution is 0.364. The summed E-state index contributed by atoms with van der Waals surface area (Å²) in [4.78, 5) is 4.19. The largest absolute Gasteiger partial charge is 0.361 e. The Morgan fingerprint density at radius 3 is 2.95 bits per heavy atom. The van der Waals surface area contributed by atoms with Gasteiger partial charge in [-0.2, -0.15) is 0 Å². The van der Waals surface area contributed by atoms with Gasteiger partial charge in [0.2, 0.25) is 10.0 Å². The first-order valence-electron chi connectivity index (χ1n) is 6.41. The van der Waals surface area contributed by atoms with E-state index in [0.29, 0.717) is 16.7 Å². The predicted octanol–water partition coefficient (Wildman–Crippen LogP) is 0.901. The molecule has 1 aliphatic heterocycles.